The van der Waals surface area contributed by atoms with Gasteiger partial charge in [0, 0.05) is 26.7 Å². The predicted octanol–water partition coefficient (Wildman–Crippen LogP) is 2.59. The first kappa shape index (κ1) is 19.9. The minimum atomic E-state index is -0.0850. The highest BCUT2D eigenvalue weighted by Crippen LogP contribution is 2.11. The molecule has 0 bridgehead atoms. The van der Waals surface area contributed by atoms with Crippen molar-refractivity contribution >= 4 is 23.2 Å². The molecule has 1 aromatic heterocycles. The van der Waals surface area contributed by atoms with E-state index < -0.39 is 0 Å². The van der Waals surface area contributed by atoms with E-state index in [9.17, 15) is 4.79 Å². The zero-order valence-electron chi connectivity index (χ0n) is 15.9. The second kappa shape index (κ2) is 9.91. The molecule has 0 saturated carbocycles. The summed E-state index contributed by atoms with van der Waals surface area (Å²) in [5.74, 6) is 0.745. The van der Waals surface area contributed by atoms with Crippen LogP contribution in [0.5, 0.6) is 0 Å². The lowest BCUT2D eigenvalue weighted by atomic mass is 10.1. The molecule has 1 amide bonds. The second-order valence-corrected chi connectivity index (χ2v) is 6.95. The van der Waals surface area contributed by atoms with E-state index >= 15 is 0 Å². The third-order valence-electron chi connectivity index (χ3n) is 3.85. The molecule has 0 aliphatic heterocycles. The van der Waals surface area contributed by atoms with Gasteiger partial charge in [0.15, 0.2) is 5.96 Å². The minimum absolute atomic E-state index is 0.0850. The first-order chi connectivity index (χ1) is 12.5. The summed E-state index contributed by atoms with van der Waals surface area (Å²) in [6, 6.07) is 8.49. The van der Waals surface area contributed by atoms with E-state index in [4.69, 9.17) is 0 Å². The van der Waals surface area contributed by atoms with Crippen LogP contribution in [0.1, 0.15) is 33.4 Å². The van der Waals surface area contributed by atoms with Crippen LogP contribution < -0.4 is 10.6 Å². The molecule has 1 heterocycles. The number of aryl methyl sites for hydroxylation is 2. The molecule has 0 radical (unpaired) electrons. The second-order valence-electron chi connectivity index (χ2n) is 6.10. The van der Waals surface area contributed by atoms with Crippen LogP contribution in [0.25, 0.3) is 0 Å². The smallest absolute Gasteiger partial charge is 0.263 e. The fourth-order valence-corrected chi connectivity index (χ4v) is 3.16. The quantitative estimate of drug-likeness (QED) is 0.445. The Balaban J connectivity index is 1.88. The Kier molecular flexibility index (Phi) is 7.59. The lowest BCUT2D eigenvalue weighted by Crippen LogP contribution is -2.39. The largest absolute Gasteiger partial charge is 0.357 e. The van der Waals surface area contributed by atoms with Crippen molar-refractivity contribution in [3.63, 3.8) is 0 Å². The van der Waals surface area contributed by atoms with Crippen molar-refractivity contribution in [1.82, 2.24) is 20.5 Å². The van der Waals surface area contributed by atoms with Gasteiger partial charge in [-0.05, 0) is 26.3 Å². The van der Waals surface area contributed by atoms with Gasteiger partial charge in [-0.2, -0.15) is 0 Å². The highest BCUT2D eigenvalue weighted by molar-refractivity contribution is 7.11. The number of nitrogens with zero attached hydrogens (tertiary/aromatic N) is 3. The van der Waals surface area contributed by atoms with E-state index in [1.807, 2.05) is 20.9 Å². The molecule has 7 heteroatoms. The first-order valence-electron chi connectivity index (χ1n) is 8.74. The maximum absolute atomic E-state index is 12.1. The fourth-order valence-electron chi connectivity index (χ4n) is 2.44. The highest BCUT2D eigenvalue weighted by Gasteiger charge is 2.11. The number of carbonyl (C=O) groups excluding carboxylic acids is 1. The van der Waals surface area contributed by atoms with Gasteiger partial charge in [-0.1, -0.05) is 29.8 Å². The molecule has 0 aliphatic rings. The monoisotopic (exact) mass is 373 g/mol. The van der Waals surface area contributed by atoms with Gasteiger partial charge in [0.1, 0.15) is 4.88 Å². The van der Waals surface area contributed by atoms with Gasteiger partial charge in [0.2, 0.25) is 0 Å². The molecule has 0 spiro atoms. The summed E-state index contributed by atoms with van der Waals surface area (Å²) in [4.78, 5) is 23.5. The molecule has 26 heavy (non-hydrogen) atoms. The van der Waals surface area contributed by atoms with Crippen LogP contribution in [0.4, 0.5) is 0 Å². The SMILES string of the molecule is CCNC(=NCCNC(=O)c1scnc1C)N(C)Cc1ccc(C)cc1. The Morgan fingerprint density at radius 3 is 2.58 bits per heavy atom. The topological polar surface area (TPSA) is 69.6 Å². The number of benzene rings is 1. The van der Waals surface area contributed by atoms with Crippen molar-refractivity contribution in [1.29, 1.82) is 0 Å². The third kappa shape index (κ3) is 5.84. The van der Waals surface area contributed by atoms with Crippen LogP contribution >= 0.6 is 11.3 Å². The Hall–Kier alpha value is -2.41. The zero-order chi connectivity index (χ0) is 18.9. The van der Waals surface area contributed by atoms with E-state index in [0.717, 1.165) is 24.7 Å². The summed E-state index contributed by atoms with van der Waals surface area (Å²) in [6.45, 7) is 8.55. The van der Waals surface area contributed by atoms with Crippen molar-refractivity contribution in [3.8, 4) is 0 Å². The van der Waals surface area contributed by atoms with Gasteiger partial charge >= 0.3 is 0 Å². The van der Waals surface area contributed by atoms with Gasteiger partial charge in [-0.15, -0.1) is 11.3 Å². The molecule has 0 fully saturated rings. The number of thiazole rings is 1. The maximum Gasteiger partial charge on any atom is 0.263 e. The molecule has 0 saturated heterocycles. The molecule has 0 atom stereocenters. The number of carbonyl (C=O) groups is 1. The van der Waals surface area contributed by atoms with E-state index in [0.29, 0.717) is 18.0 Å². The number of guanidine groups is 1. The summed E-state index contributed by atoms with van der Waals surface area (Å²) < 4.78 is 0. The van der Waals surface area contributed by atoms with Crippen LogP contribution in [0.2, 0.25) is 0 Å². The third-order valence-corrected chi connectivity index (χ3v) is 4.77. The Bertz CT molecular complexity index is 739. The minimum Gasteiger partial charge on any atom is -0.357 e. The Labute approximate surface area is 159 Å². The summed E-state index contributed by atoms with van der Waals surface area (Å²) in [5.41, 5.74) is 4.94. The molecule has 1 aromatic carbocycles. The number of hydrogen-bond acceptors (Lipinski definition) is 4. The Morgan fingerprint density at radius 1 is 1.23 bits per heavy atom. The molecule has 2 rings (SSSR count). The summed E-state index contributed by atoms with van der Waals surface area (Å²) in [6.07, 6.45) is 0. The number of hydrogen-bond donors (Lipinski definition) is 2. The highest BCUT2D eigenvalue weighted by atomic mass is 32.1. The number of nitrogens with one attached hydrogen (secondary N) is 2. The van der Waals surface area contributed by atoms with Crippen LogP contribution in [-0.4, -0.2) is 48.4 Å². The van der Waals surface area contributed by atoms with Gasteiger partial charge < -0.3 is 15.5 Å². The molecule has 0 unspecified atom stereocenters. The average molecular weight is 374 g/mol. The average Bonchev–Trinajstić information content (AvgIpc) is 3.05. The summed E-state index contributed by atoms with van der Waals surface area (Å²) in [5, 5.41) is 6.19. The molecule has 140 valence electrons. The molecule has 0 aliphatic carbocycles. The van der Waals surface area contributed by atoms with Gasteiger partial charge in [0.05, 0.1) is 17.7 Å². The standard InChI is InChI=1S/C19H27N5OS/c1-5-20-19(24(4)12-16-8-6-14(2)7-9-16)22-11-10-21-18(25)17-15(3)23-13-26-17/h6-9,13H,5,10-12H2,1-4H3,(H,20,22)(H,21,25). The number of rotatable bonds is 7. The number of aromatic nitrogens is 1. The fraction of sp³-hybridized carbons (Fsp3) is 0.421. The predicted molar refractivity (Wildman–Crippen MR) is 108 cm³/mol. The van der Waals surface area contributed by atoms with Crippen molar-refractivity contribution < 1.29 is 4.79 Å². The zero-order valence-corrected chi connectivity index (χ0v) is 16.7. The maximum atomic E-state index is 12.1. The summed E-state index contributed by atoms with van der Waals surface area (Å²) >= 11 is 1.36. The normalized spacial score (nSPS) is 11.3. The Morgan fingerprint density at radius 2 is 1.96 bits per heavy atom. The van der Waals surface area contributed by atoms with Crippen LogP contribution in [-0.2, 0) is 6.54 Å². The lowest BCUT2D eigenvalue weighted by molar-refractivity contribution is 0.0958. The van der Waals surface area contributed by atoms with E-state index in [1.54, 1.807) is 5.51 Å². The van der Waals surface area contributed by atoms with Gasteiger partial charge in [-0.25, -0.2) is 4.98 Å². The molecule has 2 N–H and O–H groups in total. The lowest BCUT2D eigenvalue weighted by Gasteiger charge is -2.22. The van der Waals surface area contributed by atoms with Crippen LogP contribution in [0, 0.1) is 13.8 Å². The van der Waals surface area contributed by atoms with Crippen molar-refractivity contribution in [3.05, 3.63) is 51.5 Å². The van der Waals surface area contributed by atoms with E-state index in [2.05, 4.69) is 56.7 Å². The summed E-state index contributed by atoms with van der Waals surface area (Å²) in [7, 11) is 2.01. The first-order valence-corrected chi connectivity index (χ1v) is 9.62. The van der Waals surface area contributed by atoms with Gasteiger partial charge in [-0.3, -0.25) is 9.79 Å². The van der Waals surface area contributed by atoms with Crippen LogP contribution in [0.15, 0.2) is 34.8 Å². The molecule has 2 aromatic rings. The number of aliphatic imine (C=N–C) groups is 1. The van der Waals surface area contributed by atoms with Crippen molar-refractivity contribution in [2.24, 2.45) is 4.99 Å². The van der Waals surface area contributed by atoms with E-state index in [-0.39, 0.29) is 5.91 Å². The van der Waals surface area contributed by atoms with Gasteiger partial charge in [0.25, 0.3) is 5.91 Å². The van der Waals surface area contributed by atoms with Crippen LogP contribution in [0.3, 0.4) is 0 Å². The van der Waals surface area contributed by atoms with E-state index in [1.165, 1.54) is 22.5 Å². The molecule has 6 nitrogen and oxygen atoms in total. The molecular formula is C19H27N5OS. The molecular weight excluding hydrogens is 346 g/mol. The number of amides is 1. The van der Waals surface area contributed by atoms with Crippen molar-refractivity contribution in [2.45, 2.75) is 27.3 Å². The van der Waals surface area contributed by atoms with Crippen molar-refractivity contribution in [2.75, 3.05) is 26.7 Å².